The minimum atomic E-state index is -0.364. The monoisotopic (exact) mass is 243 g/mol. The Kier molecular flexibility index (Phi) is 3.42. The molecule has 3 nitrogen and oxygen atoms in total. The number of non-ortho nitro benzene ring substituents is 1. The maximum absolute atomic E-state index is 10.5. The molecule has 1 aromatic carbocycles. The average Bonchev–Trinajstić information content (AvgIpc) is 2.16. The molecule has 0 amide bonds. The van der Waals surface area contributed by atoms with Gasteiger partial charge in [0, 0.05) is 17.5 Å². The van der Waals surface area contributed by atoms with Crippen molar-refractivity contribution in [2.75, 3.05) is 0 Å². The molecule has 0 bridgehead atoms. The first-order valence-corrected chi connectivity index (χ1v) is 5.13. The molecule has 13 heavy (non-hydrogen) atoms. The summed E-state index contributed by atoms with van der Waals surface area (Å²) in [5.41, 5.74) is 2.32. The van der Waals surface area contributed by atoms with Crippen LogP contribution in [0.15, 0.2) is 18.2 Å². The van der Waals surface area contributed by atoms with E-state index < -0.39 is 0 Å². The molecule has 1 rings (SSSR count). The molecule has 0 saturated heterocycles. The van der Waals surface area contributed by atoms with Gasteiger partial charge in [0.15, 0.2) is 0 Å². The van der Waals surface area contributed by atoms with Crippen LogP contribution in [0.25, 0.3) is 0 Å². The van der Waals surface area contributed by atoms with Gasteiger partial charge in [-0.25, -0.2) is 0 Å². The van der Waals surface area contributed by atoms with E-state index in [9.17, 15) is 10.1 Å². The van der Waals surface area contributed by atoms with Crippen molar-refractivity contribution >= 4 is 21.6 Å². The molecule has 0 aliphatic carbocycles. The molecule has 0 radical (unpaired) electrons. The van der Waals surface area contributed by atoms with Crippen LogP contribution in [-0.4, -0.2) is 4.92 Å². The van der Waals surface area contributed by atoms with Crippen molar-refractivity contribution in [3.63, 3.8) is 0 Å². The zero-order valence-corrected chi connectivity index (χ0v) is 8.87. The number of alkyl halides is 1. The molecule has 4 heteroatoms. The SMILES string of the molecule is CCc1cc([N+](=O)[O-])ccc1CBr. The zero-order chi connectivity index (χ0) is 9.84. The van der Waals surface area contributed by atoms with Crippen molar-refractivity contribution in [2.45, 2.75) is 18.7 Å². The summed E-state index contributed by atoms with van der Waals surface area (Å²) in [4.78, 5) is 10.1. The fraction of sp³-hybridized carbons (Fsp3) is 0.333. The first kappa shape index (κ1) is 10.2. The number of hydrogen-bond donors (Lipinski definition) is 0. The lowest BCUT2D eigenvalue weighted by molar-refractivity contribution is -0.384. The van der Waals surface area contributed by atoms with Crippen molar-refractivity contribution in [1.29, 1.82) is 0 Å². The van der Waals surface area contributed by atoms with Crippen LogP contribution in [-0.2, 0) is 11.8 Å². The highest BCUT2D eigenvalue weighted by Gasteiger charge is 2.08. The Morgan fingerprint density at radius 2 is 2.15 bits per heavy atom. The fourth-order valence-corrected chi connectivity index (χ4v) is 1.73. The van der Waals surface area contributed by atoms with Crippen LogP contribution in [0.1, 0.15) is 18.1 Å². The summed E-state index contributed by atoms with van der Waals surface area (Å²) in [6.07, 6.45) is 0.822. The summed E-state index contributed by atoms with van der Waals surface area (Å²) < 4.78 is 0. The summed E-state index contributed by atoms with van der Waals surface area (Å²) in [5.74, 6) is 0. The Labute approximate surface area is 85.0 Å². The predicted octanol–water partition coefficient (Wildman–Crippen LogP) is 3.05. The molecule has 0 saturated carbocycles. The van der Waals surface area contributed by atoms with Crippen LogP contribution in [0.4, 0.5) is 5.69 Å². The normalized spacial score (nSPS) is 10.0. The summed E-state index contributed by atoms with van der Waals surface area (Å²) in [6.45, 7) is 1.99. The van der Waals surface area contributed by atoms with Gasteiger partial charge in [-0.05, 0) is 17.5 Å². The standard InChI is InChI=1S/C9H10BrNO2/c1-2-7-5-9(11(12)13)4-3-8(7)6-10/h3-5H,2,6H2,1H3. The third-order valence-corrected chi connectivity index (χ3v) is 2.53. The van der Waals surface area contributed by atoms with Crippen molar-refractivity contribution < 1.29 is 4.92 Å². The minimum Gasteiger partial charge on any atom is -0.258 e. The van der Waals surface area contributed by atoms with Crippen LogP contribution in [0.5, 0.6) is 0 Å². The second kappa shape index (κ2) is 4.37. The van der Waals surface area contributed by atoms with Crippen LogP contribution < -0.4 is 0 Å². The molecular formula is C9H10BrNO2. The third-order valence-electron chi connectivity index (χ3n) is 1.93. The van der Waals surface area contributed by atoms with E-state index >= 15 is 0 Å². The van der Waals surface area contributed by atoms with Gasteiger partial charge in [0.05, 0.1) is 4.92 Å². The molecule has 0 aliphatic rings. The molecule has 0 fully saturated rings. The van der Waals surface area contributed by atoms with Crippen molar-refractivity contribution in [3.05, 3.63) is 39.4 Å². The smallest absolute Gasteiger partial charge is 0.258 e. The molecule has 1 aromatic rings. The van der Waals surface area contributed by atoms with Crippen LogP contribution >= 0.6 is 15.9 Å². The van der Waals surface area contributed by atoms with Gasteiger partial charge in [0.25, 0.3) is 5.69 Å². The second-order valence-corrected chi connectivity index (χ2v) is 3.26. The summed E-state index contributed by atoms with van der Waals surface area (Å²) in [5, 5.41) is 11.2. The van der Waals surface area contributed by atoms with E-state index in [-0.39, 0.29) is 10.6 Å². The van der Waals surface area contributed by atoms with Gasteiger partial charge in [0.2, 0.25) is 0 Å². The Morgan fingerprint density at radius 3 is 2.62 bits per heavy atom. The minimum absolute atomic E-state index is 0.168. The number of aryl methyl sites for hydroxylation is 1. The first-order chi connectivity index (χ1) is 6.19. The second-order valence-electron chi connectivity index (χ2n) is 2.70. The molecule has 0 heterocycles. The Bertz CT molecular complexity index is 325. The van der Waals surface area contributed by atoms with E-state index in [4.69, 9.17) is 0 Å². The molecule has 0 N–H and O–H groups in total. The van der Waals surface area contributed by atoms with Crippen LogP contribution in [0.2, 0.25) is 0 Å². The number of nitro benzene ring substituents is 1. The van der Waals surface area contributed by atoms with Gasteiger partial charge < -0.3 is 0 Å². The Balaban J connectivity index is 3.13. The van der Waals surface area contributed by atoms with Crippen molar-refractivity contribution in [2.24, 2.45) is 0 Å². The van der Waals surface area contributed by atoms with E-state index in [1.807, 2.05) is 6.92 Å². The Hall–Kier alpha value is -0.900. The van der Waals surface area contributed by atoms with E-state index in [0.717, 1.165) is 22.9 Å². The van der Waals surface area contributed by atoms with Crippen LogP contribution in [0, 0.1) is 10.1 Å². The average molecular weight is 244 g/mol. The van der Waals surface area contributed by atoms with Gasteiger partial charge in [-0.2, -0.15) is 0 Å². The number of rotatable bonds is 3. The summed E-state index contributed by atoms with van der Waals surface area (Å²) >= 11 is 3.34. The van der Waals surface area contributed by atoms with Crippen molar-refractivity contribution in [3.8, 4) is 0 Å². The molecule has 0 atom stereocenters. The first-order valence-electron chi connectivity index (χ1n) is 4.01. The maximum atomic E-state index is 10.5. The Morgan fingerprint density at radius 1 is 1.46 bits per heavy atom. The van der Waals surface area contributed by atoms with E-state index in [1.165, 1.54) is 6.07 Å². The lowest BCUT2D eigenvalue weighted by Crippen LogP contribution is -1.93. The molecule has 0 aromatic heterocycles. The number of nitro groups is 1. The molecule has 70 valence electrons. The van der Waals surface area contributed by atoms with E-state index in [1.54, 1.807) is 12.1 Å². The van der Waals surface area contributed by atoms with Gasteiger partial charge in [0.1, 0.15) is 0 Å². The largest absolute Gasteiger partial charge is 0.269 e. The highest BCUT2D eigenvalue weighted by molar-refractivity contribution is 9.08. The van der Waals surface area contributed by atoms with Gasteiger partial charge >= 0.3 is 0 Å². The predicted molar refractivity (Wildman–Crippen MR) is 55.1 cm³/mol. The summed E-state index contributed by atoms with van der Waals surface area (Å²) in [6, 6.07) is 4.97. The number of halogens is 1. The van der Waals surface area contributed by atoms with Crippen molar-refractivity contribution in [1.82, 2.24) is 0 Å². The molecule has 0 unspecified atom stereocenters. The van der Waals surface area contributed by atoms with Gasteiger partial charge in [-0.1, -0.05) is 28.9 Å². The topological polar surface area (TPSA) is 43.1 Å². The summed E-state index contributed by atoms with van der Waals surface area (Å²) in [7, 11) is 0. The van der Waals surface area contributed by atoms with Crippen LogP contribution in [0.3, 0.4) is 0 Å². The lowest BCUT2D eigenvalue weighted by Gasteiger charge is -2.03. The van der Waals surface area contributed by atoms with E-state index in [2.05, 4.69) is 15.9 Å². The van der Waals surface area contributed by atoms with E-state index in [0.29, 0.717) is 0 Å². The highest BCUT2D eigenvalue weighted by Crippen LogP contribution is 2.20. The number of benzene rings is 1. The molecule has 0 aliphatic heterocycles. The number of hydrogen-bond acceptors (Lipinski definition) is 2. The maximum Gasteiger partial charge on any atom is 0.269 e. The fourth-order valence-electron chi connectivity index (χ4n) is 1.19. The quantitative estimate of drug-likeness (QED) is 0.466. The highest BCUT2D eigenvalue weighted by atomic mass is 79.9. The zero-order valence-electron chi connectivity index (χ0n) is 7.29. The number of nitrogens with zero attached hydrogens (tertiary/aromatic N) is 1. The third kappa shape index (κ3) is 2.28. The van der Waals surface area contributed by atoms with Gasteiger partial charge in [-0.15, -0.1) is 0 Å². The van der Waals surface area contributed by atoms with Gasteiger partial charge in [-0.3, -0.25) is 10.1 Å². The molecular weight excluding hydrogens is 234 g/mol. The lowest BCUT2D eigenvalue weighted by atomic mass is 10.1. The molecule has 0 spiro atoms.